The van der Waals surface area contributed by atoms with Gasteiger partial charge in [-0.1, -0.05) is 60.7 Å². The molecule has 3 aromatic carbocycles. The Balaban J connectivity index is 1.11. The topological polar surface area (TPSA) is 96.3 Å². The molecule has 0 atom stereocenters. The fourth-order valence-corrected chi connectivity index (χ4v) is 5.14. The molecule has 0 unspecified atom stereocenters. The molecular formula is C32H33N5O3. The molecule has 0 spiro atoms. The number of carbonyl (C=O) groups is 3. The van der Waals surface area contributed by atoms with Crippen LogP contribution in [0.25, 0.3) is 0 Å². The largest absolute Gasteiger partial charge is 0.339 e. The molecule has 40 heavy (non-hydrogen) atoms. The van der Waals surface area contributed by atoms with E-state index in [1.165, 1.54) is 0 Å². The number of nitrogens with one attached hydrogen (secondary N) is 2. The smallest absolute Gasteiger partial charge is 0.314 e. The van der Waals surface area contributed by atoms with E-state index in [1.54, 1.807) is 10.9 Å². The van der Waals surface area contributed by atoms with Gasteiger partial charge in [0.15, 0.2) is 0 Å². The third-order valence-corrected chi connectivity index (χ3v) is 7.42. The van der Waals surface area contributed by atoms with Crippen molar-refractivity contribution in [3.8, 4) is 0 Å². The lowest BCUT2D eigenvalue weighted by Gasteiger charge is -2.32. The Hall–Kier alpha value is -4.72. The molecule has 3 amide bonds. The summed E-state index contributed by atoms with van der Waals surface area (Å²) in [5.74, 6) is -1.09. The first-order chi connectivity index (χ1) is 19.4. The quantitative estimate of drug-likeness (QED) is 0.334. The molecule has 8 heteroatoms. The number of rotatable bonds is 6. The normalized spacial score (nSPS) is 13.6. The zero-order valence-electron chi connectivity index (χ0n) is 22.8. The molecule has 0 radical (unpaired) electrons. The SMILES string of the molecule is Cc1cccc(C)c1NC(=O)C(=O)Nc1ccc(C2CCN(C(=O)c3cnn(Cc4ccccc4)c3)CC2)cc1. The van der Waals surface area contributed by atoms with Gasteiger partial charge in [-0.15, -0.1) is 0 Å². The van der Waals surface area contributed by atoms with Crippen molar-refractivity contribution in [3.63, 3.8) is 0 Å². The van der Waals surface area contributed by atoms with Gasteiger partial charge in [-0.3, -0.25) is 19.1 Å². The molecule has 1 aliphatic heterocycles. The van der Waals surface area contributed by atoms with Crippen molar-refractivity contribution in [2.45, 2.75) is 39.2 Å². The summed E-state index contributed by atoms with van der Waals surface area (Å²) in [5, 5.41) is 9.76. The monoisotopic (exact) mass is 535 g/mol. The van der Waals surface area contributed by atoms with E-state index in [1.807, 2.05) is 97.7 Å². The number of anilines is 2. The molecule has 2 N–H and O–H groups in total. The summed E-state index contributed by atoms with van der Waals surface area (Å²) >= 11 is 0. The van der Waals surface area contributed by atoms with Gasteiger partial charge in [0.2, 0.25) is 0 Å². The van der Waals surface area contributed by atoms with Crippen LogP contribution in [-0.4, -0.2) is 45.5 Å². The average molecular weight is 536 g/mol. The Morgan fingerprint density at radius 2 is 1.48 bits per heavy atom. The van der Waals surface area contributed by atoms with E-state index in [9.17, 15) is 14.4 Å². The minimum absolute atomic E-state index is 0.00925. The number of piperidine rings is 1. The van der Waals surface area contributed by atoms with Crippen molar-refractivity contribution in [3.05, 3.63) is 113 Å². The Morgan fingerprint density at radius 1 is 0.825 bits per heavy atom. The Labute approximate surface area is 234 Å². The van der Waals surface area contributed by atoms with Crippen LogP contribution in [-0.2, 0) is 16.1 Å². The zero-order chi connectivity index (χ0) is 28.1. The van der Waals surface area contributed by atoms with Crippen LogP contribution in [0.2, 0.25) is 0 Å². The van der Waals surface area contributed by atoms with E-state index in [0.29, 0.717) is 42.5 Å². The fourth-order valence-electron chi connectivity index (χ4n) is 5.14. The van der Waals surface area contributed by atoms with E-state index in [0.717, 1.165) is 35.1 Å². The van der Waals surface area contributed by atoms with Gasteiger partial charge in [0.25, 0.3) is 5.91 Å². The number of benzene rings is 3. The molecule has 2 heterocycles. The van der Waals surface area contributed by atoms with Crippen molar-refractivity contribution >= 4 is 29.1 Å². The third-order valence-electron chi connectivity index (χ3n) is 7.42. The summed E-state index contributed by atoms with van der Waals surface area (Å²) in [7, 11) is 0. The van der Waals surface area contributed by atoms with Gasteiger partial charge < -0.3 is 15.5 Å². The standard InChI is InChI=1S/C32H33N5O3/c1-22-7-6-8-23(2)29(22)35-31(39)30(38)34-28-13-11-25(12-14-28)26-15-17-36(18-16-26)32(40)27-19-33-37(21-27)20-24-9-4-3-5-10-24/h3-14,19,21,26H,15-18,20H2,1-2H3,(H,34,38)(H,35,39). The van der Waals surface area contributed by atoms with Crippen LogP contribution in [0, 0.1) is 13.8 Å². The number of nitrogens with zero attached hydrogens (tertiary/aromatic N) is 3. The summed E-state index contributed by atoms with van der Waals surface area (Å²) in [5.41, 5.74) is 5.91. The van der Waals surface area contributed by atoms with Gasteiger partial charge >= 0.3 is 11.8 Å². The maximum absolute atomic E-state index is 13.1. The Bertz CT molecular complexity index is 1480. The first-order valence-electron chi connectivity index (χ1n) is 13.5. The minimum atomic E-state index is -0.714. The van der Waals surface area contributed by atoms with E-state index in [-0.39, 0.29) is 5.91 Å². The number of para-hydroxylation sites is 1. The summed E-state index contributed by atoms with van der Waals surface area (Å²) in [6, 6.07) is 23.3. The lowest BCUT2D eigenvalue weighted by Crippen LogP contribution is -2.37. The maximum Gasteiger partial charge on any atom is 0.314 e. The molecule has 1 aromatic heterocycles. The van der Waals surface area contributed by atoms with Crippen molar-refractivity contribution < 1.29 is 14.4 Å². The zero-order valence-corrected chi connectivity index (χ0v) is 22.8. The number of hydrogen-bond donors (Lipinski definition) is 2. The summed E-state index contributed by atoms with van der Waals surface area (Å²) in [4.78, 5) is 39.9. The highest BCUT2D eigenvalue weighted by atomic mass is 16.2. The maximum atomic E-state index is 13.1. The van der Waals surface area contributed by atoms with Crippen molar-refractivity contribution in [1.29, 1.82) is 0 Å². The second-order valence-corrected chi connectivity index (χ2v) is 10.3. The van der Waals surface area contributed by atoms with Crippen LogP contribution in [0.15, 0.2) is 85.2 Å². The van der Waals surface area contributed by atoms with Crippen molar-refractivity contribution in [1.82, 2.24) is 14.7 Å². The number of hydrogen-bond acceptors (Lipinski definition) is 4. The molecular weight excluding hydrogens is 502 g/mol. The van der Waals surface area contributed by atoms with Crippen molar-refractivity contribution in [2.75, 3.05) is 23.7 Å². The van der Waals surface area contributed by atoms with E-state index in [4.69, 9.17) is 0 Å². The van der Waals surface area contributed by atoms with Crippen LogP contribution in [0.4, 0.5) is 11.4 Å². The second kappa shape index (κ2) is 12.0. The summed E-state index contributed by atoms with van der Waals surface area (Å²) < 4.78 is 1.79. The van der Waals surface area contributed by atoms with Gasteiger partial charge in [-0.2, -0.15) is 5.10 Å². The highest BCUT2D eigenvalue weighted by Crippen LogP contribution is 2.29. The van der Waals surface area contributed by atoms with E-state index < -0.39 is 11.8 Å². The number of amides is 3. The number of likely N-dealkylation sites (tertiary alicyclic amines) is 1. The Morgan fingerprint density at radius 3 is 2.15 bits per heavy atom. The molecule has 0 saturated carbocycles. The van der Waals surface area contributed by atoms with Crippen LogP contribution in [0.5, 0.6) is 0 Å². The summed E-state index contributed by atoms with van der Waals surface area (Å²) in [6.07, 6.45) is 5.17. The summed E-state index contributed by atoms with van der Waals surface area (Å²) in [6.45, 7) is 5.75. The van der Waals surface area contributed by atoms with Crippen LogP contribution >= 0.6 is 0 Å². The number of aromatic nitrogens is 2. The van der Waals surface area contributed by atoms with Gasteiger partial charge in [0.1, 0.15) is 0 Å². The third kappa shape index (κ3) is 6.29. The van der Waals surface area contributed by atoms with E-state index >= 15 is 0 Å². The highest BCUT2D eigenvalue weighted by Gasteiger charge is 2.25. The first kappa shape index (κ1) is 26.9. The molecule has 4 aromatic rings. The predicted molar refractivity (Wildman–Crippen MR) is 155 cm³/mol. The second-order valence-electron chi connectivity index (χ2n) is 10.3. The molecule has 0 bridgehead atoms. The minimum Gasteiger partial charge on any atom is -0.339 e. The van der Waals surface area contributed by atoms with Gasteiger partial charge in [-0.05, 0) is 67.0 Å². The van der Waals surface area contributed by atoms with Gasteiger partial charge in [0, 0.05) is 30.7 Å². The number of carbonyl (C=O) groups excluding carboxylic acids is 3. The highest BCUT2D eigenvalue weighted by molar-refractivity contribution is 6.43. The lowest BCUT2D eigenvalue weighted by atomic mass is 9.89. The average Bonchev–Trinajstić information content (AvgIpc) is 3.44. The van der Waals surface area contributed by atoms with Crippen molar-refractivity contribution in [2.24, 2.45) is 0 Å². The number of aryl methyl sites for hydroxylation is 2. The van der Waals surface area contributed by atoms with Gasteiger partial charge in [0.05, 0.1) is 18.3 Å². The fraction of sp³-hybridized carbons (Fsp3) is 0.250. The van der Waals surface area contributed by atoms with Crippen LogP contribution in [0.1, 0.15) is 51.4 Å². The lowest BCUT2D eigenvalue weighted by molar-refractivity contribution is -0.133. The van der Waals surface area contributed by atoms with Crippen LogP contribution in [0.3, 0.4) is 0 Å². The van der Waals surface area contributed by atoms with E-state index in [2.05, 4.69) is 15.7 Å². The molecule has 1 aliphatic rings. The first-order valence-corrected chi connectivity index (χ1v) is 13.5. The molecule has 8 nitrogen and oxygen atoms in total. The molecule has 1 saturated heterocycles. The Kier molecular flexibility index (Phi) is 8.05. The molecule has 204 valence electrons. The molecule has 0 aliphatic carbocycles. The van der Waals surface area contributed by atoms with Crippen LogP contribution < -0.4 is 10.6 Å². The molecule has 1 fully saturated rings. The van der Waals surface area contributed by atoms with Gasteiger partial charge in [-0.25, -0.2) is 0 Å². The molecule has 5 rings (SSSR count). The predicted octanol–water partition coefficient (Wildman–Crippen LogP) is 5.15.